The highest BCUT2D eigenvalue weighted by Gasteiger charge is 2.16. The maximum Gasteiger partial charge on any atom is 0.306 e. The number of unbranched alkanes of at least 4 members (excludes halogenated alkanes) is 35. The fraction of sp³-hybridized carbons (Fsp3) is 0.918. The van der Waals surface area contributed by atoms with E-state index in [9.17, 15) is 14.7 Å². The molecular weight excluding hydrogens is 669 g/mol. The SMILES string of the molecule is CCCCCCCCC=CCCCCCCCCCCCC(=O)OCC(CO)OC(=O)CCCCCCCCCCCCCCCCCCCCCCC. The highest BCUT2D eigenvalue weighted by Crippen LogP contribution is 2.16. The molecule has 0 heterocycles. The van der Waals surface area contributed by atoms with Crippen LogP contribution in [-0.2, 0) is 19.1 Å². The van der Waals surface area contributed by atoms with Crippen molar-refractivity contribution < 1.29 is 24.2 Å². The summed E-state index contributed by atoms with van der Waals surface area (Å²) in [6, 6.07) is 0. The molecule has 1 atom stereocenters. The second-order valence-electron chi connectivity index (χ2n) is 16.5. The van der Waals surface area contributed by atoms with Gasteiger partial charge in [-0.3, -0.25) is 9.59 Å². The molecule has 0 amide bonds. The summed E-state index contributed by atoms with van der Waals surface area (Å²) in [6.45, 7) is 4.18. The Labute approximate surface area is 337 Å². The van der Waals surface area contributed by atoms with Gasteiger partial charge in [0.2, 0.25) is 0 Å². The van der Waals surface area contributed by atoms with Crippen molar-refractivity contribution in [2.45, 2.75) is 277 Å². The van der Waals surface area contributed by atoms with Crippen LogP contribution in [0.5, 0.6) is 0 Å². The van der Waals surface area contributed by atoms with Crippen molar-refractivity contribution in [1.82, 2.24) is 0 Å². The Morgan fingerprint density at radius 3 is 1.00 bits per heavy atom. The first kappa shape index (κ1) is 52.6. The Balaban J connectivity index is 3.46. The summed E-state index contributed by atoms with van der Waals surface area (Å²) in [5.41, 5.74) is 0. The van der Waals surface area contributed by atoms with Crippen molar-refractivity contribution in [2.24, 2.45) is 0 Å². The lowest BCUT2D eigenvalue weighted by molar-refractivity contribution is -0.161. The molecular formula is C49H94O5. The Morgan fingerprint density at radius 1 is 0.407 bits per heavy atom. The molecule has 320 valence electrons. The maximum atomic E-state index is 12.2. The number of hydrogen-bond acceptors (Lipinski definition) is 5. The van der Waals surface area contributed by atoms with Crippen LogP contribution in [0, 0.1) is 0 Å². The van der Waals surface area contributed by atoms with Crippen LogP contribution < -0.4 is 0 Å². The van der Waals surface area contributed by atoms with Crippen molar-refractivity contribution in [2.75, 3.05) is 13.2 Å². The molecule has 0 aromatic heterocycles. The van der Waals surface area contributed by atoms with E-state index in [0.717, 1.165) is 38.5 Å². The first-order valence-corrected chi connectivity index (χ1v) is 24.2. The molecule has 0 aromatic carbocycles. The molecule has 5 heteroatoms. The molecule has 0 saturated heterocycles. The van der Waals surface area contributed by atoms with E-state index in [2.05, 4.69) is 26.0 Å². The Bertz CT molecular complexity index is 780. The molecule has 1 N–H and O–H groups in total. The van der Waals surface area contributed by atoms with Crippen LogP contribution in [0.3, 0.4) is 0 Å². The number of aliphatic hydroxyl groups is 1. The molecule has 0 aromatic rings. The third-order valence-electron chi connectivity index (χ3n) is 11.1. The van der Waals surface area contributed by atoms with E-state index < -0.39 is 6.10 Å². The molecule has 0 saturated carbocycles. The van der Waals surface area contributed by atoms with E-state index in [1.807, 2.05) is 0 Å². The summed E-state index contributed by atoms with van der Waals surface area (Å²) in [6.07, 6.45) is 54.4. The molecule has 0 rings (SSSR count). The van der Waals surface area contributed by atoms with E-state index in [-0.39, 0.29) is 25.2 Å². The zero-order valence-electron chi connectivity index (χ0n) is 36.5. The Morgan fingerprint density at radius 2 is 0.685 bits per heavy atom. The van der Waals surface area contributed by atoms with Gasteiger partial charge in [0.25, 0.3) is 0 Å². The summed E-state index contributed by atoms with van der Waals surface area (Å²) in [4.78, 5) is 24.4. The van der Waals surface area contributed by atoms with Crippen molar-refractivity contribution >= 4 is 11.9 Å². The molecule has 5 nitrogen and oxygen atoms in total. The molecule has 0 bridgehead atoms. The number of aliphatic hydroxyl groups excluding tert-OH is 1. The third kappa shape index (κ3) is 43.4. The van der Waals surface area contributed by atoms with Crippen molar-refractivity contribution in [3.8, 4) is 0 Å². The molecule has 0 radical (unpaired) electrons. The topological polar surface area (TPSA) is 72.8 Å². The van der Waals surface area contributed by atoms with Gasteiger partial charge in [0.1, 0.15) is 6.61 Å². The van der Waals surface area contributed by atoms with E-state index in [0.29, 0.717) is 12.8 Å². The van der Waals surface area contributed by atoms with Crippen LogP contribution in [-0.4, -0.2) is 36.4 Å². The number of ether oxygens (including phenoxy) is 2. The van der Waals surface area contributed by atoms with Gasteiger partial charge in [-0.25, -0.2) is 0 Å². The highest BCUT2D eigenvalue weighted by atomic mass is 16.6. The number of esters is 2. The summed E-state index contributed by atoms with van der Waals surface area (Å²) < 4.78 is 10.7. The summed E-state index contributed by atoms with van der Waals surface area (Å²) in [5.74, 6) is -0.576. The van der Waals surface area contributed by atoms with Crippen molar-refractivity contribution in [3.63, 3.8) is 0 Å². The summed E-state index contributed by atoms with van der Waals surface area (Å²) >= 11 is 0. The highest BCUT2D eigenvalue weighted by molar-refractivity contribution is 5.70. The normalized spacial score (nSPS) is 12.1. The Kier molecular flexibility index (Phi) is 44.9. The Hall–Kier alpha value is -1.36. The van der Waals surface area contributed by atoms with Crippen molar-refractivity contribution in [3.05, 3.63) is 12.2 Å². The predicted molar refractivity (Wildman–Crippen MR) is 233 cm³/mol. The van der Waals surface area contributed by atoms with Crippen LogP contribution in [0.25, 0.3) is 0 Å². The van der Waals surface area contributed by atoms with Crippen LogP contribution in [0.2, 0.25) is 0 Å². The number of carbonyl (C=O) groups excluding carboxylic acids is 2. The lowest BCUT2D eigenvalue weighted by atomic mass is 10.0. The lowest BCUT2D eigenvalue weighted by Gasteiger charge is -2.15. The first-order valence-electron chi connectivity index (χ1n) is 24.2. The van der Waals surface area contributed by atoms with Gasteiger partial charge in [0.05, 0.1) is 6.61 Å². The maximum absolute atomic E-state index is 12.2. The van der Waals surface area contributed by atoms with Crippen molar-refractivity contribution in [1.29, 1.82) is 0 Å². The summed E-state index contributed by atoms with van der Waals surface area (Å²) in [7, 11) is 0. The molecule has 0 aliphatic heterocycles. The molecule has 0 aliphatic rings. The largest absolute Gasteiger partial charge is 0.462 e. The number of hydrogen-bond donors (Lipinski definition) is 1. The second kappa shape index (κ2) is 46.0. The van der Waals surface area contributed by atoms with Crippen LogP contribution in [0.1, 0.15) is 271 Å². The fourth-order valence-electron chi connectivity index (χ4n) is 7.38. The smallest absolute Gasteiger partial charge is 0.306 e. The second-order valence-corrected chi connectivity index (χ2v) is 16.5. The van der Waals surface area contributed by atoms with E-state index in [4.69, 9.17) is 9.47 Å². The van der Waals surface area contributed by atoms with Gasteiger partial charge >= 0.3 is 11.9 Å². The van der Waals surface area contributed by atoms with Gasteiger partial charge in [0.15, 0.2) is 6.10 Å². The van der Waals surface area contributed by atoms with Gasteiger partial charge in [-0.2, -0.15) is 0 Å². The van der Waals surface area contributed by atoms with Gasteiger partial charge in [-0.1, -0.05) is 231 Å². The quantitative estimate of drug-likeness (QED) is 0.0380. The monoisotopic (exact) mass is 763 g/mol. The molecule has 0 spiro atoms. The van der Waals surface area contributed by atoms with Gasteiger partial charge < -0.3 is 14.6 Å². The standard InChI is InChI=1S/C49H94O5/c1-3-5-7-9-11-13-15-17-19-21-23-24-26-28-30-32-34-36-38-40-42-44-49(52)54-47(45-50)46-53-48(51)43-41-39-37-35-33-31-29-27-25-22-20-18-16-14-12-10-8-6-4-2/h18,20,47,50H,3-17,19,21-46H2,1-2H3. The molecule has 1 unspecified atom stereocenters. The number of carbonyl (C=O) groups is 2. The zero-order valence-corrected chi connectivity index (χ0v) is 36.5. The minimum Gasteiger partial charge on any atom is -0.462 e. The fourth-order valence-corrected chi connectivity index (χ4v) is 7.38. The molecule has 0 fully saturated rings. The third-order valence-corrected chi connectivity index (χ3v) is 11.1. The minimum atomic E-state index is -0.766. The van der Waals surface area contributed by atoms with Gasteiger partial charge in [-0.15, -0.1) is 0 Å². The number of rotatable bonds is 45. The average molecular weight is 763 g/mol. The molecule has 0 aliphatic carbocycles. The predicted octanol–water partition coefficient (Wildman–Crippen LogP) is 15.6. The van der Waals surface area contributed by atoms with Crippen LogP contribution >= 0.6 is 0 Å². The first-order chi connectivity index (χ1) is 26.6. The van der Waals surface area contributed by atoms with Crippen LogP contribution in [0.4, 0.5) is 0 Å². The lowest BCUT2D eigenvalue weighted by Crippen LogP contribution is -2.28. The minimum absolute atomic E-state index is 0.0602. The van der Waals surface area contributed by atoms with E-state index in [1.54, 1.807) is 0 Å². The van der Waals surface area contributed by atoms with Crippen LogP contribution in [0.15, 0.2) is 12.2 Å². The van der Waals surface area contributed by atoms with Gasteiger partial charge in [-0.05, 0) is 38.5 Å². The van der Waals surface area contributed by atoms with E-state index in [1.165, 1.54) is 205 Å². The van der Waals surface area contributed by atoms with E-state index >= 15 is 0 Å². The number of allylic oxidation sites excluding steroid dienone is 2. The molecule has 54 heavy (non-hydrogen) atoms. The average Bonchev–Trinajstić information content (AvgIpc) is 3.17. The zero-order chi connectivity index (χ0) is 39.3. The van der Waals surface area contributed by atoms with Gasteiger partial charge in [0, 0.05) is 12.8 Å². The summed E-state index contributed by atoms with van der Waals surface area (Å²) in [5, 5.41) is 9.61.